The normalized spacial score (nSPS) is 28.1. The van der Waals surface area contributed by atoms with Gasteiger partial charge in [-0.25, -0.2) is 0 Å². The summed E-state index contributed by atoms with van der Waals surface area (Å²) in [5, 5.41) is 0. The molecule has 0 heterocycles. The van der Waals surface area contributed by atoms with Crippen LogP contribution >= 0.6 is 0 Å². The van der Waals surface area contributed by atoms with E-state index in [1.807, 2.05) is 0 Å². The molecule has 14 heavy (non-hydrogen) atoms. The summed E-state index contributed by atoms with van der Waals surface area (Å²) in [5.74, 6) is -4.19. The van der Waals surface area contributed by atoms with Crippen LogP contribution in [0.5, 0.6) is 0 Å². The largest absolute Gasteiger partial charge is 0.450 e. The first-order valence-electron chi connectivity index (χ1n) is 4.52. The molecule has 0 aromatic rings. The van der Waals surface area contributed by atoms with E-state index in [0.717, 1.165) is 0 Å². The van der Waals surface area contributed by atoms with Crippen molar-refractivity contribution in [2.75, 3.05) is 0 Å². The molecule has 1 rings (SSSR count). The lowest BCUT2D eigenvalue weighted by molar-refractivity contribution is -0.176. The minimum absolute atomic E-state index is 0.0513. The standard InChI is InChI=1S/C9H11F3O2/c1-2-5-3-4-6(7(5)13)8(14)9(10,11)12/h5-6H,2-4H2,1H3. The second kappa shape index (κ2) is 3.71. The molecular weight excluding hydrogens is 197 g/mol. The van der Waals surface area contributed by atoms with E-state index in [9.17, 15) is 22.8 Å². The van der Waals surface area contributed by atoms with E-state index in [-0.39, 0.29) is 12.3 Å². The van der Waals surface area contributed by atoms with Crippen LogP contribution in [0, 0.1) is 11.8 Å². The van der Waals surface area contributed by atoms with Gasteiger partial charge in [0.1, 0.15) is 5.78 Å². The summed E-state index contributed by atoms with van der Waals surface area (Å²) < 4.78 is 36.0. The van der Waals surface area contributed by atoms with Gasteiger partial charge in [-0.15, -0.1) is 0 Å². The second-order valence-corrected chi connectivity index (χ2v) is 3.50. The van der Waals surface area contributed by atoms with Crippen molar-refractivity contribution in [1.29, 1.82) is 0 Å². The van der Waals surface area contributed by atoms with Crippen molar-refractivity contribution in [3.63, 3.8) is 0 Å². The van der Waals surface area contributed by atoms with Crippen LogP contribution in [0.3, 0.4) is 0 Å². The third-order valence-corrected chi connectivity index (χ3v) is 2.64. The van der Waals surface area contributed by atoms with Crippen LogP contribution in [0.1, 0.15) is 26.2 Å². The predicted molar refractivity (Wildman–Crippen MR) is 42.6 cm³/mol. The molecule has 1 saturated carbocycles. The molecule has 0 saturated heterocycles. The van der Waals surface area contributed by atoms with Gasteiger partial charge in [-0.05, 0) is 19.3 Å². The van der Waals surface area contributed by atoms with Gasteiger partial charge in [0.15, 0.2) is 0 Å². The van der Waals surface area contributed by atoms with Crippen molar-refractivity contribution in [2.24, 2.45) is 11.8 Å². The maximum atomic E-state index is 12.0. The molecule has 1 aliphatic rings. The molecule has 0 aromatic heterocycles. The van der Waals surface area contributed by atoms with Crippen molar-refractivity contribution in [3.8, 4) is 0 Å². The summed E-state index contributed by atoms with van der Waals surface area (Å²) in [6, 6.07) is 0. The van der Waals surface area contributed by atoms with Crippen molar-refractivity contribution in [3.05, 3.63) is 0 Å². The summed E-state index contributed by atoms with van der Waals surface area (Å²) in [6.45, 7) is 1.74. The fourth-order valence-corrected chi connectivity index (χ4v) is 1.80. The van der Waals surface area contributed by atoms with Gasteiger partial charge in [-0.1, -0.05) is 6.92 Å². The number of halogens is 3. The maximum Gasteiger partial charge on any atom is 0.450 e. The second-order valence-electron chi connectivity index (χ2n) is 3.50. The Labute approximate surface area is 79.5 Å². The molecule has 0 aromatic carbocycles. The molecule has 1 aliphatic carbocycles. The van der Waals surface area contributed by atoms with Crippen LogP contribution < -0.4 is 0 Å². The van der Waals surface area contributed by atoms with Gasteiger partial charge in [0.25, 0.3) is 0 Å². The van der Waals surface area contributed by atoms with Crippen LogP contribution in [0.4, 0.5) is 13.2 Å². The molecule has 0 aliphatic heterocycles. The zero-order chi connectivity index (χ0) is 10.9. The van der Waals surface area contributed by atoms with Crippen LogP contribution in [0.2, 0.25) is 0 Å². The van der Waals surface area contributed by atoms with Gasteiger partial charge in [0.05, 0.1) is 5.92 Å². The molecule has 0 radical (unpaired) electrons. The number of hydrogen-bond donors (Lipinski definition) is 0. The topological polar surface area (TPSA) is 34.1 Å². The molecule has 2 atom stereocenters. The summed E-state index contributed by atoms with van der Waals surface area (Å²) in [6.07, 6.45) is -3.90. The fraction of sp³-hybridized carbons (Fsp3) is 0.778. The van der Waals surface area contributed by atoms with E-state index < -0.39 is 23.7 Å². The Bertz CT molecular complexity index is 257. The van der Waals surface area contributed by atoms with Gasteiger partial charge in [0, 0.05) is 5.92 Å². The first kappa shape index (κ1) is 11.2. The molecule has 1 fully saturated rings. The lowest BCUT2D eigenvalue weighted by Gasteiger charge is -2.10. The van der Waals surface area contributed by atoms with Crippen LogP contribution in [-0.4, -0.2) is 17.7 Å². The smallest absolute Gasteiger partial charge is 0.299 e. The van der Waals surface area contributed by atoms with Crippen molar-refractivity contribution >= 4 is 11.6 Å². The highest BCUT2D eigenvalue weighted by atomic mass is 19.4. The lowest BCUT2D eigenvalue weighted by Crippen LogP contribution is -2.33. The van der Waals surface area contributed by atoms with E-state index in [4.69, 9.17) is 0 Å². The zero-order valence-corrected chi connectivity index (χ0v) is 7.73. The third-order valence-electron chi connectivity index (χ3n) is 2.64. The Balaban J connectivity index is 2.73. The van der Waals surface area contributed by atoms with Gasteiger partial charge in [-0.2, -0.15) is 13.2 Å². The number of rotatable bonds is 2. The summed E-state index contributed by atoms with van der Waals surface area (Å²) in [5.41, 5.74) is 0. The minimum atomic E-state index is -4.87. The molecule has 80 valence electrons. The van der Waals surface area contributed by atoms with E-state index in [1.165, 1.54) is 0 Å². The Morgan fingerprint density at radius 1 is 1.43 bits per heavy atom. The van der Waals surface area contributed by atoms with E-state index in [2.05, 4.69) is 0 Å². The van der Waals surface area contributed by atoms with E-state index in [1.54, 1.807) is 6.92 Å². The number of Topliss-reactive ketones (excluding diaryl/α,β-unsaturated/α-hetero) is 2. The van der Waals surface area contributed by atoms with Gasteiger partial charge in [0.2, 0.25) is 5.78 Å². The Kier molecular flexibility index (Phi) is 2.97. The Hall–Kier alpha value is -0.870. The first-order chi connectivity index (χ1) is 6.38. The average Bonchev–Trinajstić information content (AvgIpc) is 2.43. The molecule has 0 N–H and O–H groups in total. The van der Waals surface area contributed by atoms with Gasteiger partial charge < -0.3 is 0 Å². The lowest BCUT2D eigenvalue weighted by atomic mass is 9.97. The third kappa shape index (κ3) is 1.96. The number of hydrogen-bond acceptors (Lipinski definition) is 2. The van der Waals surface area contributed by atoms with Gasteiger partial charge >= 0.3 is 6.18 Å². The maximum absolute atomic E-state index is 12.0. The highest BCUT2D eigenvalue weighted by Crippen LogP contribution is 2.34. The van der Waals surface area contributed by atoms with E-state index >= 15 is 0 Å². The van der Waals surface area contributed by atoms with E-state index in [0.29, 0.717) is 12.8 Å². The molecule has 0 amide bonds. The van der Waals surface area contributed by atoms with Crippen LogP contribution in [0.15, 0.2) is 0 Å². The number of alkyl halides is 3. The monoisotopic (exact) mass is 208 g/mol. The molecular formula is C9H11F3O2. The van der Waals surface area contributed by atoms with Gasteiger partial charge in [-0.3, -0.25) is 9.59 Å². The predicted octanol–water partition coefficient (Wildman–Crippen LogP) is 2.12. The van der Waals surface area contributed by atoms with Crippen molar-refractivity contribution < 1.29 is 22.8 Å². The number of ketones is 2. The quantitative estimate of drug-likeness (QED) is 0.651. The summed E-state index contributed by atoms with van der Waals surface area (Å²) >= 11 is 0. The molecule has 2 unspecified atom stereocenters. The summed E-state index contributed by atoms with van der Waals surface area (Å²) in [7, 11) is 0. The molecule has 5 heteroatoms. The average molecular weight is 208 g/mol. The molecule has 0 bridgehead atoms. The minimum Gasteiger partial charge on any atom is -0.299 e. The Morgan fingerprint density at radius 2 is 2.00 bits per heavy atom. The van der Waals surface area contributed by atoms with Crippen molar-refractivity contribution in [1.82, 2.24) is 0 Å². The first-order valence-corrected chi connectivity index (χ1v) is 4.52. The number of carbonyl (C=O) groups excluding carboxylic acids is 2. The summed E-state index contributed by atoms with van der Waals surface area (Å²) in [4.78, 5) is 22.1. The van der Waals surface area contributed by atoms with Crippen molar-refractivity contribution in [2.45, 2.75) is 32.4 Å². The highest BCUT2D eigenvalue weighted by Gasteiger charge is 2.49. The zero-order valence-electron chi connectivity index (χ0n) is 7.73. The molecule has 2 nitrogen and oxygen atoms in total. The van der Waals surface area contributed by atoms with Crippen LogP contribution in [-0.2, 0) is 9.59 Å². The number of carbonyl (C=O) groups is 2. The molecule has 0 spiro atoms. The SMILES string of the molecule is CCC1CCC(C(=O)C(F)(F)F)C1=O. The fourth-order valence-electron chi connectivity index (χ4n) is 1.80. The Morgan fingerprint density at radius 3 is 2.36 bits per heavy atom. The van der Waals surface area contributed by atoms with Crippen LogP contribution in [0.25, 0.3) is 0 Å². The highest BCUT2D eigenvalue weighted by molar-refractivity contribution is 6.06.